The van der Waals surface area contributed by atoms with Gasteiger partial charge in [0.2, 0.25) is 0 Å². The van der Waals surface area contributed by atoms with Gasteiger partial charge in [0.1, 0.15) is 0 Å². The van der Waals surface area contributed by atoms with E-state index in [0.717, 1.165) is 0 Å². The van der Waals surface area contributed by atoms with Crippen LogP contribution in [0.3, 0.4) is 0 Å². The Hall–Kier alpha value is -3.78. The smallest absolute Gasteiger partial charge is 0.356 e. The molecule has 0 aliphatic heterocycles. The van der Waals surface area contributed by atoms with E-state index in [0.29, 0.717) is 11.1 Å². The van der Waals surface area contributed by atoms with Crippen LogP contribution in [0.4, 0.5) is 0 Å². The molecular formula is C14H16CuN6O8. The summed E-state index contributed by atoms with van der Waals surface area (Å²) in [6, 6.07) is 17.6. The summed E-state index contributed by atoms with van der Waals surface area (Å²) in [6.07, 6.45) is 0. The van der Waals surface area contributed by atoms with Crippen molar-refractivity contribution in [1.29, 1.82) is 0 Å². The summed E-state index contributed by atoms with van der Waals surface area (Å²) < 4.78 is 0. The number of carbonyl (C=O) groups excluding carboxylic acids is 2. The van der Waals surface area contributed by atoms with Crippen LogP contribution in [0.5, 0.6) is 0 Å². The summed E-state index contributed by atoms with van der Waals surface area (Å²) in [5.41, 5.74) is 5.23. The van der Waals surface area contributed by atoms with Crippen LogP contribution in [0.25, 0.3) is 0 Å². The zero-order valence-corrected chi connectivity index (χ0v) is 15.3. The molecule has 0 bridgehead atoms. The Bertz CT molecular complexity index is 664. The molecular weight excluding hydrogens is 444 g/mol. The molecule has 29 heavy (non-hydrogen) atoms. The Morgan fingerprint density at radius 1 is 0.655 bits per heavy atom. The van der Waals surface area contributed by atoms with E-state index < -0.39 is 10.2 Å². The first-order chi connectivity index (χ1) is 13.1. The van der Waals surface area contributed by atoms with E-state index in [2.05, 4.69) is 0 Å². The molecule has 0 aliphatic rings. The maximum Gasteiger partial charge on any atom is 2.00 e. The van der Waals surface area contributed by atoms with Gasteiger partial charge in [-0.15, -0.1) is 0 Å². The summed E-state index contributed by atoms with van der Waals surface area (Å²) in [6.45, 7) is 0. The minimum Gasteiger partial charge on any atom is -0.356 e. The number of amides is 2. The second kappa shape index (κ2) is 19.0. The van der Waals surface area contributed by atoms with Gasteiger partial charge < -0.3 is 30.6 Å². The topological polar surface area (TPSA) is 243 Å². The molecule has 1 radical (unpaired) electrons. The van der Waals surface area contributed by atoms with Crippen molar-refractivity contribution in [3.8, 4) is 0 Å². The van der Waals surface area contributed by atoms with Gasteiger partial charge in [-0.25, -0.2) is 11.7 Å². The minimum absolute atomic E-state index is 0. The number of nitrogen functional groups attached to an aromatic ring is 2. The normalized spacial score (nSPS) is 7.79. The first-order valence-electron chi connectivity index (χ1n) is 6.90. The van der Waals surface area contributed by atoms with Gasteiger partial charge in [0.15, 0.2) is 0 Å². The van der Waals surface area contributed by atoms with Crippen molar-refractivity contribution in [3.05, 3.63) is 102 Å². The van der Waals surface area contributed by atoms with Crippen molar-refractivity contribution in [2.45, 2.75) is 0 Å². The summed E-state index contributed by atoms with van der Waals surface area (Å²) >= 11 is 0. The molecule has 2 rings (SSSR count). The number of hydrazine groups is 2. The van der Waals surface area contributed by atoms with Crippen LogP contribution < -0.4 is 22.5 Å². The second-order valence-corrected chi connectivity index (χ2v) is 4.13. The van der Waals surface area contributed by atoms with Crippen LogP contribution in [0.15, 0.2) is 60.7 Å². The largest absolute Gasteiger partial charge is 2.00 e. The van der Waals surface area contributed by atoms with Crippen LogP contribution in [0.2, 0.25) is 0 Å². The van der Waals surface area contributed by atoms with E-state index >= 15 is 0 Å². The second-order valence-electron chi connectivity index (χ2n) is 4.13. The van der Waals surface area contributed by atoms with Crippen molar-refractivity contribution >= 4 is 11.8 Å². The molecule has 0 aliphatic carbocycles. The molecule has 0 saturated heterocycles. The van der Waals surface area contributed by atoms with Gasteiger partial charge in [-0.2, -0.15) is 0 Å². The standard InChI is InChI=1S/2C7H8N2O.Cu.2NO3/c2*8-9-7(10)6-4-2-1-3-5-6;;2*2-1(3)4/h2*1-5H,8H2,(H,9,10);;;/q;;+2;2*-1. The fourth-order valence-corrected chi connectivity index (χ4v) is 1.35. The SMILES string of the molecule is NNC(=O)c1ccccc1.NNC(=O)c1ccccc1.O=[N+]([O-])[O-].O=[N+]([O-])[O-].[Cu+2]. The minimum atomic E-state index is -1.75. The number of benzene rings is 2. The number of hydrogen-bond acceptors (Lipinski definition) is 10. The predicted molar refractivity (Wildman–Crippen MR) is 96.9 cm³/mol. The molecule has 15 heteroatoms. The average molecular weight is 460 g/mol. The molecule has 161 valence electrons. The quantitative estimate of drug-likeness (QED) is 0.155. The maximum atomic E-state index is 10.8. The van der Waals surface area contributed by atoms with Crippen LogP contribution in [-0.4, -0.2) is 22.0 Å². The summed E-state index contributed by atoms with van der Waals surface area (Å²) in [5.74, 6) is 9.28. The van der Waals surface area contributed by atoms with E-state index in [4.69, 9.17) is 42.3 Å². The third kappa shape index (κ3) is 20.4. The van der Waals surface area contributed by atoms with Gasteiger partial charge in [0, 0.05) is 11.1 Å². The molecule has 6 N–H and O–H groups in total. The number of hydrogen-bond donors (Lipinski definition) is 4. The summed E-state index contributed by atoms with van der Waals surface area (Å²) in [5, 5.41) is 29.5. The number of nitrogens with zero attached hydrogens (tertiary/aromatic N) is 2. The van der Waals surface area contributed by atoms with Gasteiger partial charge in [0.25, 0.3) is 11.8 Å². The fourth-order valence-electron chi connectivity index (χ4n) is 1.35. The fraction of sp³-hybridized carbons (Fsp3) is 0. The van der Waals surface area contributed by atoms with Crippen molar-refractivity contribution < 1.29 is 36.8 Å². The molecule has 0 fully saturated rings. The Morgan fingerprint density at radius 3 is 1.03 bits per heavy atom. The van der Waals surface area contributed by atoms with Crippen molar-refractivity contribution in [2.75, 3.05) is 0 Å². The number of nitrogens with two attached hydrogens (primary N) is 2. The van der Waals surface area contributed by atoms with Crippen LogP contribution in [0.1, 0.15) is 20.7 Å². The van der Waals surface area contributed by atoms with Gasteiger partial charge in [-0.05, 0) is 24.3 Å². The predicted octanol–water partition coefficient (Wildman–Crippen LogP) is 0.0995. The first kappa shape index (κ1) is 30.0. The Morgan fingerprint density at radius 2 is 0.862 bits per heavy atom. The van der Waals surface area contributed by atoms with Crippen LogP contribution in [0, 0.1) is 30.6 Å². The zero-order chi connectivity index (χ0) is 21.9. The monoisotopic (exact) mass is 459 g/mol. The number of nitrogens with one attached hydrogen (secondary N) is 2. The van der Waals surface area contributed by atoms with Gasteiger partial charge in [-0.3, -0.25) is 20.4 Å². The van der Waals surface area contributed by atoms with E-state index in [1.165, 1.54) is 0 Å². The number of carbonyl (C=O) groups is 2. The third-order valence-electron chi connectivity index (χ3n) is 2.33. The summed E-state index contributed by atoms with van der Waals surface area (Å²) in [7, 11) is 0. The molecule has 2 aromatic carbocycles. The van der Waals surface area contributed by atoms with Crippen LogP contribution in [-0.2, 0) is 17.1 Å². The Balaban J connectivity index is -0.000000336. The average Bonchev–Trinajstić information content (AvgIpc) is 2.67. The number of rotatable bonds is 2. The molecule has 0 spiro atoms. The van der Waals surface area contributed by atoms with Gasteiger partial charge >= 0.3 is 17.1 Å². The van der Waals surface area contributed by atoms with Gasteiger partial charge in [-0.1, -0.05) is 36.4 Å². The van der Waals surface area contributed by atoms with E-state index in [1.807, 2.05) is 23.0 Å². The summed E-state index contributed by atoms with van der Waals surface area (Å²) in [4.78, 5) is 38.1. The van der Waals surface area contributed by atoms with E-state index in [9.17, 15) is 9.59 Å². The Kier molecular flexibility index (Phi) is 19.6. The third-order valence-corrected chi connectivity index (χ3v) is 2.33. The van der Waals surface area contributed by atoms with Crippen molar-refractivity contribution in [3.63, 3.8) is 0 Å². The van der Waals surface area contributed by atoms with Gasteiger partial charge in [0.05, 0.1) is 10.2 Å². The van der Waals surface area contributed by atoms with Crippen molar-refractivity contribution in [1.82, 2.24) is 10.9 Å². The molecule has 14 nitrogen and oxygen atoms in total. The van der Waals surface area contributed by atoms with Crippen LogP contribution >= 0.6 is 0 Å². The zero-order valence-electron chi connectivity index (χ0n) is 14.4. The molecule has 2 amide bonds. The van der Waals surface area contributed by atoms with E-state index in [-0.39, 0.29) is 28.9 Å². The van der Waals surface area contributed by atoms with E-state index in [1.54, 1.807) is 48.5 Å². The molecule has 0 atom stereocenters. The molecule has 2 aromatic rings. The first-order valence-corrected chi connectivity index (χ1v) is 6.90. The Labute approximate surface area is 174 Å². The molecule has 0 saturated carbocycles. The maximum absolute atomic E-state index is 10.8. The van der Waals surface area contributed by atoms with Crippen molar-refractivity contribution in [2.24, 2.45) is 11.7 Å². The molecule has 0 unspecified atom stereocenters. The molecule has 0 heterocycles. The molecule has 0 aromatic heterocycles.